The van der Waals surface area contributed by atoms with Gasteiger partial charge in [-0.2, -0.15) is 24.9 Å². The third kappa shape index (κ3) is 9.03. The molecule has 0 radical (unpaired) electrons. The van der Waals surface area contributed by atoms with Gasteiger partial charge in [-0.1, -0.05) is 0 Å². The maximum atomic E-state index is 11.8. The smallest absolute Gasteiger partial charge is 0.309 e. The molecule has 0 saturated carbocycles. The van der Waals surface area contributed by atoms with Crippen LogP contribution >= 0.6 is 11.8 Å². The highest BCUT2D eigenvalue weighted by Gasteiger charge is 2.36. The molecule has 16 heavy (non-hydrogen) atoms. The van der Waals surface area contributed by atoms with E-state index in [0.717, 1.165) is 18.7 Å². The molecule has 0 heterocycles. The van der Waals surface area contributed by atoms with Gasteiger partial charge in [0.1, 0.15) is 0 Å². The van der Waals surface area contributed by atoms with Gasteiger partial charge in [0.25, 0.3) is 0 Å². The minimum absolute atomic E-state index is 0.310. The van der Waals surface area contributed by atoms with Crippen LogP contribution < -0.4 is 0 Å². The Bertz CT molecular complexity index is 207. The first-order chi connectivity index (χ1) is 7.34. The molecule has 96 valence electrons. The second-order valence-corrected chi connectivity index (χ2v) is 5.02. The van der Waals surface area contributed by atoms with Crippen LogP contribution in [-0.4, -0.2) is 49.0 Å². The van der Waals surface area contributed by atoms with Crippen molar-refractivity contribution in [3.05, 3.63) is 0 Å². The number of Topliss-reactive ketones (excluding diaryl/α,β-unsaturated/α-hetero) is 1. The fraction of sp³-hybridized carbons (Fsp3) is 0.900. The van der Waals surface area contributed by atoms with Crippen molar-refractivity contribution in [1.29, 1.82) is 0 Å². The van der Waals surface area contributed by atoms with Crippen LogP contribution in [0.15, 0.2) is 0 Å². The zero-order valence-corrected chi connectivity index (χ0v) is 10.5. The second kappa shape index (κ2) is 7.95. The molecule has 0 rings (SSSR count). The predicted molar refractivity (Wildman–Crippen MR) is 60.8 cm³/mol. The molecule has 0 spiro atoms. The summed E-state index contributed by atoms with van der Waals surface area (Å²) in [4.78, 5) is 12.6. The van der Waals surface area contributed by atoms with Crippen LogP contribution in [0, 0.1) is 0 Å². The fourth-order valence-corrected chi connectivity index (χ4v) is 1.95. The molecule has 0 fully saturated rings. The van der Waals surface area contributed by atoms with Crippen molar-refractivity contribution in [1.82, 2.24) is 4.90 Å². The number of alkyl halides is 3. The molecule has 0 aliphatic rings. The van der Waals surface area contributed by atoms with E-state index in [-0.39, 0.29) is 6.42 Å². The van der Waals surface area contributed by atoms with Crippen LogP contribution in [0.1, 0.15) is 19.3 Å². The van der Waals surface area contributed by atoms with E-state index in [1.807, 2.05) is 14.1 Å². The van der Waals surface area contributed by atoms with Gasteiger partial charge >= 0.3 is 6.18 Å². The normalized spacial score (nSPS) is 12.1. The van der Waals surface area contributed by atoms with Gasteiger partial charge in [-0.25, -0.2) is 0 Å². The number of halogens is 3. The van der Waals surface area contributed by atoms with E-state index in [2.05, 4.69) is 4.90 Å². The largest absolute Gasteiger partial charge is 0.449 e. The molecular formula is C10H18F3NOS. The van der Waals surface area contributed by atoms with Gasteiger partial charge in [-0.05, 0) is 45.0 Å². The molecule has 6 heteroatoms. The Kier molecular flexibility index (Phi) is 7.83. The number of nitrogens with zero attached hydrogens (tertiary/aromatic N) is 1. The molecule has 0 aliphatic heterocycles. The van der Waals surface area contributed by atoms with Gasteiger partial charge in [-0.3, -0.25) is 4.79 Å². The lowest BCUT2D eigenvalue weighted by atomic mass is 10.2. The van der Waals surface area contributed by atoms with Crippen molar-refractivity contribution in [3.8, 4) is 0 Å². The van der Waals surface area contributed by atoms with Crippen molar-refractivity contribution in [3.63, 3.8) is 0 Å². The van der Waals surface area contributed by atoms with E-state index in [9.17, 15) is 18.0 Å². The number of hydrogen-bond donors (Lipinski definition) is 0. The van der Waals surface area contributed by atoms with Crippen molar-refractivity contribution < 1.29 is 18.0 Å². The van der Waals surface area contributed by atoms with E-state index >= 15 is 0 Å². The molecule has 0 aromatic carbocycles. The van der Waals surface area contributed by atoms with Crippen molar-refractivity contribution in [2.45, 2.75) is 25.4 Å². The number of carbonyl (C=O) groups is 1. The Balaban J connectivity index is 3.31. The first kappa shape index (κ1) is 15.8. The van der Waals surface area contributed by atoms with E-state index in [4.69, 9.17) is 0 Å². The summed E-state index contributed by atoms with van der Waals surface area (Å²) in [7, 11) is 3.96. The first-order valence-electron chi connectivity index (χ1n) is 5.16. The van der Waals surface area contributed by atoms with Crippen LogP contribution in [0.4, 0.5) is 13.2 Å². The van der Waals surface area contributed by atoms with Gasteiger partial charge in [-0.15, -0.1) is 0 Å². The number of ketones is 1. The summed E-state index contributed by atoms with van der Waals surface area (Å²) in [6, 6.07) is 0. The summed E-state index contributed by atoms with van der Waals surface area (Å²) < 4.78 is 35.4. The number of rotatable bonds is 8. The highest BCUT2D eigenvalue weighted by atomic mass is 32.2. The van der Waals surface area contributed by atoms with Crippen LogP contribution in [0.25, 0.3) is 0 Å². The molecule has 0 N–H and O–H groups in total. The third-order valence-electron chi connectivity index (χ3n) is 1.90. The zero-order valence-electron chi connectivity index (χ0n) is 9.64. The molecule has 0 atom stereocenters. The summed E-state index contributed by atoms with van der Waals surface area (Å²) >= 11 is 1.60. The molecule has 0 saturated heterocycles. The Morgan fingerprint density at radius 1 is 1.19 bits per heavy atom. The van der Waals surface area contributed by atoms with Crippen LogP contribution in [0.2, 0.25) is 0 Å². The summed E-state index contributed by atoms with van der Waals surface area (Å²) in [6.07, 6.45) is -3.71. The predicted octanol–water partition coefficient (Wildman–Crippen LogP) is 2.58. The Hall–Kier alpha value is -0.230. The quantitative estimate of drug-likeness (QED) is 0.623. The molecule has 0 aromatic heterocycles. The van der Waals surface area contributed by atoms with Gasteiger partial charge in [0, 0.05) is 6.42 Å². The second-order valence-electron chi connectivity index (χ2n) is 3.79. The third-order valence-corrected chi connectivity index (χ3v) is 3.06. The van der Waals surface area contributed by atoms with Crippen LogP contribution in [0.5, 0.6) is 0 Å². The summed E-state index contributed by atoms with van der Waals surface area (Å²) in [5, 5.41) is 0. The maximum absolute atomic E-state index is 11.8. The molecule has 0 aromatic rings. The average molecular weight is 257 g/mol. The Labute approximate surface area is 98.6 Å². The number of carbonyl (C=O) groups excluding carboxylic acids is 1. The lowest BCUT2D eigenvalue weighted by Crippen LogP contribution is -2.22. The molecule has 0 unspecified atom stereocenters. The number of hydrogen-bond acceptors (Lipinski definition) is 3. The van der Waals surface area contributed by atoms with E-state index < -0.39 is 12.0 Å². The van der Waals surface area contributed by atoms with Gasteiger partial charge in [0.2, 0.25) is 5.78 Å². The van der Waals surface area contributed by atoms with E-state index in [0.29, 0.717) is 12.2 Å². The van der Waals surface area contributed by atoms with Crippen molar-refractivity contribution >= 4 is 17.5 Å². The molecule has 2 nitrogen and oxygen atoms in total. The lowest BCUT2D eigenvalue weighted by Gasteiger charge is -2.08. The molecule has 0 aliphatic carbocycles. The summed E-state index contributed by atoms with van der Waals surface area (Å²) in [5.74, 6) is -0.0606. The topological polar surface area (TPSA) is 20.3 Å². The highest BCUT2D eigenvalue weighted by molar-refractivity contribution is 7.99. The maximum Gasteiger partial charge on any atom is 0.449 e. The van der Waals surface area contributed by atoms with E-state index in [1.165, 1.54) is 0 Å². The molecule has 0 bridgehead atoms. The minimum atomic E-state index is -4.66. The number of thioether (sulfide) groups is 1. The lowest BCUT2D eigenvalue weighted by molar-refractivity contribution is -0.171. The Morgan fingerprint density at radius 3 is 2.25 bits per heavy atom. The van der Waals surface area contributed by atoms with Crippen LogP contribution in [-0.2, 0) is 4.79 Å². The first-order valence-corrected chi connectivity index (χ1v) is 6.32. The van der Waals surface area contributed by atoms with Crippen molar-refractivity contribution in [2.75, 3.05) is 32.1 Å². The Morgan fingerprint density at radius 2 is 1.75 bits per heavy atom. The zero-order chi connectivity index (χ0) is 12.6. The minimum Gasteiger partial charge on any atom is -0.309 e. The average Bonchev–Trinajstić information content (AvgIpc) is 2.14. The fourth-order valence-electron chi connectivity index (χ4n) is 1.06. The van der Waals surface area contributed by atoms with Crippen molar-refractivity contribution in [2.24, 2.45) is 0 Å². The highest BCUT2D eigenvalue weighted by Crippen LogP contribution is 2.19. The monoisotopic (exact) mass is 257 g/mol. The van der Waals surface area contributed by atoms with Crippen LogP contribution in [0.3, 0.4) is 0 Å². The van der Waals surface area contributed by atoms with Gasteiger partial charge in [0.15, 0.2) is 0 Å². The summed E-state index contributed by atoms with van der Waals surface area (Å²) in [5.41, 5.74) is 0. The standard InChI is InChI=1S/C10H18F3NOS/c1-14(2)6-4-8-16-7-3-5-9(15)10(11,12)13/h3-8H2,1-2H3. The van der Waals surface area contributed by atoms with Gasteiger partial charge < -0.3 is 4.90 Å². The van der Waals surface area contributed by atoms with Gasteiger partial charge in [0.05, 0.1) is 0 Å². The molecular weight excluding hydrogens is 239 g/mol. The summed E-state index contributed by atoms with van der Waals surface area (Å²) in [6.45, 7) is 0.981. The molecule has 0 amide bonds. The SMILES string of the molecule is CN(C)CCCSCCCC(=O)C(F)(F)F. The van der Waals surface area contributed by atoms with E-state index in [1.54, 1.807) is 11.8 Å².